The molecule has 4 heteroatoms. The van der Waals surface area contributed by atoms with Crippen LogP contribution in [-0.2, 0) is 6.54 Å². The zero-order chi connectivity index (χ0) is 11.8. The number of fused-ring (bicyclic) bond motifs is 1. The van der Waals surface area contributed by atoms with E-state index in [4.69, 9.17) is 9.47 Å². The number of benzene rings is 1. The highest BCUT2D eigenvalue weighted by Gasteiger charge is 2.31. The van der Waals surface area contributed by atoms with Crippen LogP contribution in [0.5, 0.6) is 11.5 Å². The molecule has 17 heavy (non-hydrogen) atoms. The predicted octanol–water partition coefficient (Wildman–Crippen LogP) is 2.72. The van der Waals surface area contributed by atoms with Gasteiger partial charge in [-0.25, -0.2) is 0 Å². The van der Waals surface area contributed by atoms with Gasteiger partial charge in [-0.3, -0.25) is 0 Å². The van der Waals surface area contributed by atoms with Crippen molar-refractivity contribution in [1.82, 2.24) is 5.32 Å². The van der Waals surface area contributed by atoms with Crippen molar-refractivity contribution in [3.05, 3.63) is 22.2 Å². The van der Waals surface area contributed by atoms with Crippen LogP contribution in [0.25, 0.3) is 0 Å². The van der Waals surface area contributed by atoms with Crippen LogP contribution < -0.4 is 14.8 Å². The lowest BCUT2D eigenvalue weighted by molar-refractivity contribution is 0.170. The van der Waals surface area contributed by atoms with Crippen LogP contribution in [-0.4, -0.2) is 19.3 Å². The maximum absolute atomic E-state index is 5.61. The summed E-state index contributed by atoms with van der Waals surface area (Å²) in [5, 5.41) is 3.54. The van der Waals surface area contributed by atoms with Gasteiger partial charge in [0.25, 0.3) is 0 Å². The summed E-state index contributed by atoms with van der Waals surface area (Å²) in [7, 11) is 0. The summed E-state index contributed by atoms with van der Waals surface area (Å²) in [6.45, 7) is 4.43. The van der Waals surface area contributed by atoms with Crippen molar-refractivity contribution in [3.63, 3.8) is 0 Å². The molecule has 1 aliphatic heterocycles. The molecule has 2 unspecified atom stereocenters. The molecule has 3 nitrogen and oxygen atoms in total. The Morgan fingerprint density at radius 3 is 2.88 bits per heavy atom. The van der Waals surface area contributed by atoms with Crippen molar-refractivity contribution in [2.24, 2.45) is 5.92 Å². The van der Waals surface area contributed by atoms with E-state index >= 15 is 0 Å². The molecule has 0 aromatic heterocycles. The van der Waals surface area contributed by atoms with E-state index in [9.17, 15) is 0 Å². The molecule has 1 aliphatic carbocycles. The second-order valence-corrected chi connectivity index (χ2v) is 5.66. The molecule has 1 N–H and O–H groups in total. The molecule has 1 heterocycles. The van der Waals surface area contributed by atoms with Gasteiger partial charge in [-0.2, -0.15) is 0 Å². The molecule has 1 aromatic carbocycles. The first-order valence-corrected chi connectivity index (χ1v) is 6.85. The Hall–Kier alpha value is -0.740. The number of halogens is 1. The molecular weight excluding hydrogens is 282 g/mol. The Kier molecular flexibility index (Phi) is 3.01. The number of ether oxygens (including phenoxy) is 2. The first kappa shape index (κ1) is 11.4. The Labute approximate surface area is 110 Å². The molecule has 1 saturated carbocycles. The first-order chi connectivity index (χ1) is 8.24. The van der Waals surface area contributed by atoms with Gasteiger partial charge in [0, 0.05) is 12.6 Å². The van der Waals surface area contributed by atoms with Gasteiger partial charge in [0.15, 0.2) is 11.5 Å². The summed E-state index contributed by atoms with van der Waals surface area (Å²) in [4.78, 5) is 0. The zero-order valence-electron chi connectivity index (χ0n) is 9.83. The van der Waals surface area contributed by atoms with Gasteiger partial charge in [0.05, 0.1) is 4.47 Å². The van der Waals surface area contributed by atoms with Crippen LogP contribution in [0.3, 0.4) is 0 Å². The smallest absolute Gasteiger partial charge is 0.175 e. The standard InChI is InChI=1S/C13H16BrNO2/c1-8-4-11(8)15-7-9-5-10(14)13-12(6-9)16-2-3-17-13/h5-6,8,11,15H,2-4,7H2,1H3. The summed E-state index contributed by atoms with van der Waals surface area (Å²) in [5.41, 5.74) is 1.24. The molecule has 0 radical (unpaired) electrons. The van der Waals surface area contributed by atoms with Gasteiger partial charge in [-0.15, -0.1) is 0 Å². The number of rotatable bonds is 3. The minimum atomic E-state index is 0.628. The first-order valence-electron chi connectivity index (χ1n) is 6.05. The SMILES string of the molecule is CC1CC1NCc1cc(Br)c2c(c1)OCCO2. The third-order valence-corrected chi connectivity index (χ3v) is 3.92. The monoisotopic (exact) mass is 297 g/mol. The molecule has 0 spiro atoms. The van der Waals surface area contributed by atoms with Crippen LogP contribution in [0.1, 0.15) is 18.9 Å². The van der Waals surface area contributed by atoms with E-state index in [-0.39, 0.29) is 0 Å². The molecule has 0 bridgehead atoms. The van der Waals surface area contributed by atoms with E-state index in [1.807, 2.05) is 0 Å². The summed E-state index contributed by atoms with van der Waals surface area (Å²) < 4.78 is 12.2. The van der Waals surface area contributed by atoms with E-state index in [0.29, 0.717) is 19.3 Å². The maximum atomic E-state index is 5.61. The Bertz CT molecular complexity index is 436. The van der Waals surface area contributed by atoms with E-state index < -0.39 is 0 Å². The molecule has 0 amide bonds. The van der Waals surface area contributed by atoms with Gasteiger partial charge in [-0.1, -0.05) is 6.92 Å². The second kappa shape index (κ2) is 4.50. The Balaban J connectivity index is 1.74. The number of hydrogen-bond acceptors (Lipinski definition) is 3. The van der Waals surface area contributed by atoms with Crippen LogP contribution >= 0.6 is 15.9 Å². The van der Waals surface area contributed by atoms with Gasteiger partial charge >= 0.3 is 0 Å². The van der Waals surface area contributed by atoms with E-state index in [0.717, 1.165) is 28.4 Å². The quantitative estimate of drug-likeness (QED) is 0.930. The lowest BCUT2D eigenvalue weighted by atomic mass is 10.2. The molecule has 3 rings (SSSR count). The van der Waals surface area contributed by atoms with Crippen LogP contribution in [0, 0.1) is 5.92 Å². The lowest BCUT2D eigenvalue weighted by Gasteiger charge is -2.20. The fourth-order valence-electron chi connectivity index (χ4n) is 2.12. The van der Waals surface area contributed by atoms with Crippen LogP contribution in [0.15, 0.2) is 16.6 Å². The third-order valence-electron chi connectivity index (χ3n) is 3.33. The number of nitrogens with one attached hydrogen (secondary N) is 1. The third kappa shape index (κ3) is 2.43. The molecule has 1 aromatic rings. The van der Waals surface area contributed by atoms with Gasteiger partial charge in [0.1, 0.15) is 13.2 Å². The van der Waals surface area contributed by atoms with E-state index in [1.165, 1.54) is 12.0 Å². The summed E-state index contributed by atoms with van der Waals surface area (Å²) in [5.74, 6) is 2.52. The van der Waals surface area contributed by atoms with Crippen LogP contribution in [0.4, 0.5) is 0 Å². The largest absolute Gasteiger partial charge is 0.486 e. The lowest BCUT2D eigenvalue weighted by Crippen LogP contribution is -2.19. The summed E-state index contributed by atoms with van der Waals surface area (Å²) >= 11 is 3.53. The van der Waals surface area contributed by atoms with Crippen molar-refractivity contribution < 1.29 is 9.47 Å². The fraction of sp³-hybridized carbons (Fsp3) is 0.538. The van der Waals surface area contributed by atoms with Crippen molar-refractivity contribution in [2.75, 3.05) is 13.2 Å². The van der Waals surface area contributed by atoms with E-state index in [2.05, 4.69) is 40.3 Å². The van der Waals surface area contributed by atoms with E-state index in [1.54, 1.807) is 0 Å². The Morgan fingerprint density at radius 1 is 1.35 bits per heavy atom. The Morgan fingerprint density at radius 2 is 2.12 bits per heavy atom. The zero-order valence-corrected chi connectivity index (χ0v) is 11.4. The summed E-state index contributed by atoms with van der Waals surface area (Å²) in [6.07, 6.45) is 1.30. The molecule has 2 atom stereocenters. The average molecular weight is 298 g/mol. The van der Waals surface area contributed by atoms with Crippen molar-refractivity contribution in [1.29, 1.82) is 0 Å². The van der Waals surface area contributed by atoms with Crippen molar-refractivity contribution >= 4 is 15.9 Å². The van der Waals surface area contributed by atoms with Gasteiger partial charge in [0.2, 0.25) is 0 Å². The molecule has 2 aliphatic rings. The molecule has 0 saturated heterocycles. The number of hydrogen-bond donors (Lipinski definition) is 1. The minimum absolute atomic E-state index is 0.628. The molecular formula is C13H16BrNO2. The minimum Gasteiger partial charge on any atom is -0.486 e. The second-order valence-electron chi connectivity index (χ2n) is 4.80. The van der Waals surface area contributed by atoms with Crippen LogP contribution in [0.2, 0.25) is 0 Å². The maximum Gasteiger partial charge on any atom is 0.175 e. The molecule has 1 fully saturated rings. The highest BCUT2D eigenvalue weighted by Crippen LogP contribution is 2.38. The highest BCUT2D eigenvalue weighted by molar-refractivity contribution is 9.10. The van der Waals surface area contributed by atoms with Crippen molar-refractivity contribution in [3.8, 4) is 11.5 Å². The normalized spacial score (nSPS) is 25.8. The molecule has 92 valence electrons. The van der Waals surface area contributed by atoms with Crippen molar-refractivity contribution in [2.45, 2.75) is 25.9 Å². The topological polar surface area (TPSA) is 30.5 Å². The highest BCUT2D eigenvalue weighted by atomic mass is 79.9. The summed E-state index contributed by atoms with van der Waals surface area (Å²) in [6, 6.07) is 4.87. The van der Waals surface area contributed by atoms with Gasteiger partial charge < -0.3 is 14.8 Å². The van der Waals surface area contributed by atoms with Gasteiger partial charge in [-0.05, 0) is 46.0 Å². The fourth-order valence-corrected chi connectivity index (χ4v) is 2.73. The predicted molar refractivity (Wildman–Crippen MR) is 69.5 cm³/mol. The average Bonchev–Trinajstić information content (AvgIpc) is 3.03.